The van der Waals surface area contributed by atoms with Crippen molar-refractivity contribution in [2.75, 3.05) is 26.2 Å². The number of hydrogen-bond donors (Lipinski definition) is 1. The van der Waals surface area contributed by atoms with Crippen molar-refractivity contribution in [2.24, 2.45) is 0 Å². The Bertz CT molecular complexity index is 1150. The Balaban J connectivity index is 1.37. The largest absolute Gasteiger partial charge is 0.508 e. The van der Waals surface area contributed by atoms with Gasteiger partial charge in [0.15, 0.2) is 6.10 Å². The van der Waals surface area contributed by atoms with E-state index in [0.29, 0.717) is 43.0 Å². The molecule has 1 fully saturated rings. The molecule has 2 aromatic carbocycles. The fourth-order valence-corrected chi connectivity index (χ4v) is 3.71. The first-order chi connectivity index (χ1) is 15.3. The second-order valence-corrected chi connectivity index (χ2v) is 7.97. The number of rotatable bonds is 4. The lowest BCUT2D eigenvalue weighted by Crippen LogP contribution is -2.53. The molecule has 1 aliphatic rings. The lowest BCUT2D eigenvalue weighted by molar-refractivity contribution is -0.139. The normalized spacial score (nSPS) is 15.0. The SMILES string of the molecule is Cc1nc2ccc(C(=O)N3CCN(C(=O)C(C)Oc4ccc(O)cc4)CC3)cc2nc1C. The standard InChI is InChI=1S/C24H26N4O4/c1-15-16(2)26-22-14-18(4-9-21(22)25-15)24(31)28-12-10-27(11-13-28)23(30)17(3)32-20-7-5-19(29)6-8-20/h4-9,14,17,29H,10-13H2,1-3H3. The van der Waals surface area contributed by atoms with E-state index in [4.69, 9.17) is 4.74 Å². The third kappa shape index (κ3) is 4.49. The first-order valence-corrected chi connectivity index (χ1v) is 10.6. The molecule has 2 amide bonds. The van der Waals surface area contributed by atoms with Gasteiger partial charge in [-0.05, 0) is 63.2 Å². The summed E-state index contributed by atoms with van der Waals surface area (Å²) < 4.78 is 5.69. The highest BCUT2D eigenvalue weighted by atomic mass is 16.5. The third-order valence-corrected chi connectivity index (χ3v) is 5.70. The molecule has 3 aromatic rings. The van der Waals surface area contributed by atoms with Gasteiger partial charge in [0.25, 0.3) is 11.8 Å². The Labute approximate surface area is 186 Å². The molecule has 0 radical (unpaired) electrons. The van der Waals surface area contributed by atoms with Crippen LogP contribution in [0.4, 0.5) is 0 Å². The number of carbonyl (C=O) groups excluding carboxylic acids is 2. The van der Waals surface area contributed by atoms with E-state index in [9.17, 15) is 14.7 Å². The van der Waals surface area contributed by atoms with Crippen LogP contribution in [0.3, 0.4) is 0 Å². The summed E-state index contributed by atoms with van der Waals surface area (Å²) in [5, 5.41) is 9.36. The number of amides is 2. The number of piperazine rings is 1. The van der Waals surface area contributed by atoms with Crippen molar-refractivity contribution in [3.05, 3.63) is 59.4 Å². The van der Waals surface area contributed by atoms with E-state index in [-0.39, 0.29) is 17.6 Å². The van der Waals surface area contributed by atoms with Crippen LogP contribution < -0.4 is 4.74 Å². The number of hydrogen-bond acceptors (Lipinski definition) is 6. The highest BCUT2D eigenvalue weighted by molar-refractivity contribution is 5.97. The van der Waals surface area contributed by atoms with E-state index in [1.54, 1.807) is 41.0 Å². The summed E-state index contributed by atoms with van der Waals surface area (Å²) in [4.78, 5) is 38.3. The number of phenolic OH excluding ortho intramolecular Hbond substituents is 1. The molecule has 8 nitrogen and oxygen atoms in total. The van der Waals surface area contributed by atoms with E-state index in [2.05, 4.69) is 9.97 Å². The summed E-state index contributed by atoms with van der Waals surface area (Å²) in [5.41, 5.74) is 3.76. The predicted molar refractivity (Wildman–Crippen MR) is 120 cm³/mol. The van der Waals surface area contributed by atoms with E-state index in [1.807, 2.05) is 19.9 Å². The van der Waals surface area contributed by atoms with Crippen LogP contribution in [0.1, 0.15) is 28.7 Å². The number of aryl methyl sites for hydroxylation is 2. The molecule has 0 bridgehead atoms. The highest BCUT2D eigenvalue weighted by Crippen LogP contribution is 2.19. The molecule has 166 valence electrons. The Morgan fingerprint density at radius 1 is 0.906 bits per heavy atom. The predicted octanol–water partition coefficient (Wildman–Crippen LogP) is 2.70. The number of fused-ring (bicyclic) bond motifs is 1. The molecule has 1 atom stereocenters. The lowest BCUT2D eigenvalue weighted by Gasteiger charge is -2.36. The number of benzene rings is 2. The second kappa shape index (κ2) is 8.82. The quantitative estimate of drug-likeness (QED) is 0.678. The molecule has 1 unspecified atom stereocenters. The van der Waals surface area contributed by atoms with Crippen LogP contribution >= 0.6 is 0 Å². The molecular formula is C24H26N4O4. The van der Waals surface area contributed by atoms with Crippen LogP contribution in [0, 0.1) is 13.8 Å². The molecule has 0 saturated carbocycles. The Hall–Kier alpha value is -3.68. The van der Waals surface area contributed by atoms with Gasteiger partial charge in [-0.3, -0.25) is 9.59 Å². The van der Waals surface area contributed by atoms with Crippen LogP contribution in [-0.2, 0) is 4.79 Å². The summed E-state index contributed by atoms with van der Waals surface area (Å²) in [6.07, 6.45) is -0.660. The van der Waals surface area contributed by atoms with Gasteiger partial charge in [0, 0.05) is 31.7 Å². The van der Waals surface area contributed by atoms with Gasteiger partial charge in [0.1, 0.15) is 11.5 Å². The van der Waals surface area contributed by atoms with Crippen molar-refractivity contribution in [3.8, 4) is 11.5 Å². The zero-order chi connectivity index (χ0) is 22.8. The molecule has 1 aromatic heterocycles. The second-order valence-electron chi connectivity index (χ2n) is 7.97. The number of nitrogens with zero attached hydrogens (tertiary/aromatic N) is 4. The molecule has 1 aliphatic heterocycles. The topological polar surface area (TPSA) is 95.9 Å². The van der Waals surface area contributed by atoms with Crippen LogP contribution in [0.15, 0.2) is 42.5 Å². The maximum absolute atomic E-state index is 13.0. The summed E-state index contributed by atoms with van der Waals surface area (Å²) in [6, 6.07) is 11.6. The smallest absolute Gasteiger partial charge is 0.263 e. The van der Waals surface area contributed by atoms with Crippen LogP contribution in [0.25, 0.3) is 11.0 Å². The minimum Gasteiger partial charge on any atom is -0.508 e. The lowest BCUT2D eigenvalue weighted by atomic mass is 10.1. The minimum absolute atomic E-state index is 0.0765. The molecular weight excluding hydrogens is 408 g/mol. The van der Waals surface area contributed by atoms with Crippen molar-refractivity contribution in [1.29, 1.82) is 0 Å². The first kappa shape index (κ1) is 21.5. The van der Waals surface area contributed by atoms with Crippen LogP contribution in [-0.4, -0.2) is 69.0 Å². The van der Waals surface area contributed by atoms with Crippen LogP contribution in [0.2, 0.25) is 0 Å². The van der Waals surface area contributed by atoms with E-state index in [0.717, 1.165) is 16.9 Å². The van der Waals surface area contributed by atoms with E-state index in [1.165, 1.54) is 12.1 Å². The first-order valence-electron chi connectivity index (χ1n) is 10.6. The number of ether oxygens (including phenoxy) is 1. The zero-order valence-corrected chi connectivity index (χ0v) is 18.4. The average Bonchev–Trinajstić information content (AvgIpc) is 2.80. The van der Waals surface area contributed by atoms with Crippen molar-refractivity contribution >= 4 is 22.8 Å². The summed E-state index contributed by atoms with van der Waals surface area (Å²) >= 11 is 0. The Morgan fingerprint density at radius 2 is 1.50 bits per heavy atom. The maximum Gasteiger partial charge on any atom is 0.263 e. The molecule has 2 heterocycles. The van der Waals surface area contributed by atoms with Gasteiger partial charge in [0.05, 0.1) is 22.4 Å². The fraction of sp³-hybridized carbons (Fsp3) is 0.333. The highest BCUT2D eigenvalue weighted by Gasteiger charge is 2.28. The van der Waals surface area contributed by atoms with Crippen molar-refractivity contribution in [3.63, 3.8) is 0 Å². The van der Waals surface area contributed by atoms with Crippen molar-refractivity contribution in [1.82, 2.24) is 19.8 Å². The molecule has 4 rings (SSSR count). The van der Waals surface area contributed by atoms with E-state index >= 15 is 0 Å². The average molecular weight is 434 g/mol. The van der Waals surface area contributed by atoms with Crippen molar-refractivity contribution < 1.29 is 19.4 Å². The third-order valence-electron chi connectivity index (χ3n) is 5.70. The monoisotopic (exact) mass is 434 g/mol. The van der Waals surface area contributed by atoms with Gasteiger partial charge < -0.3 is 19.6 Å². The number of phenols is 1. The summed E-state index contributed by atoms with van der Waals surface area (Å²) in [6.45, 7) is 7.31. The van der Waals surface area contributed by atoms with Gasteiger partial charge in [-0.15, -0.1) is 0 Å². The van der Waals surface area contributed by atoms with Gasteiger partial charge in [-0.1, -0.05) is 0 Å². The molecule has 1 N–H and O–H groups in total. The molecule has 8 heteroatoms. The van der Waals surface area contributed by atoms with Crippen LogP contribution in [0.5, 0.6) is 11.5 Å². The molecule has 0 aliphatic carbocycles. The van der Waals surface area contributed by atoms with Gasteiger partial charge in [0.2, 0.25) is 0 Å². The van der Waals surface area contributed by atoms with Gasteiger partial charge >= 0.3 is 0 Å². The minimum atomic E-state index is -0.660. The van der Waals surface area contributed by atoms with Gasteiger partial charge in [-0.25, -0.2) is 9.97 Å². The Morgan fingerprint density at radius 3 is 2.16 bits per heavy atom. The summed E-state index contributed by atoms with van der Waals surface area (Å²) in [7, 11) is 0. The maximum atomic E-state index is 13.0. The van der Waals surface area contributed by atoms with Gasteiger partial charge in [-0.2, -0.15) is 0 Å². The van der Waals surface area contributed by atoms with Crippen molar-refractivity contribution in [2.45, 2.75) is 26.9 Å². The molecule has 32 heavy (non-hydrogen) atoms. The summed E-state index contributed by atoms with van der Waals surface area (Å²) in [5.74, 6) is 0.451. The zero-order valence-electron chi connectivity index (χ0n) is 18.4. The van der Waals surface area contributed by atoms with E-state index < -0.39 is 6.10 Å². The number of aromatic nitrogens is 2. The number of aromatic hydroxyl groups is 1. The fourth-order valence-electron chi connectivity index (χ4n) is 3.71. The Kier molecular flexibility index (Phi) is 5.94. The molecule has 1 saturated heterocycles. The molecule has 0 spiro atoms. The number of carbonyl (C=O) groups is 2.